The van der Waals surface area contributed by atoms with Gasteiger partial charge in [-0.15, -0.1) is 0 Å². The van der Waals surface area contributed by atoms with Crippen LogP contribution in [-0.2, 0) is 16.8 Å². The highest BCUT2D eigenvalue weighted by atomic mass is 127. The molecule has 0 unspecified atom stereocenters. The zero-order valence-electron chi connectivity index (χ0n) is 10.6. The van der Waals surface area contributed by atoms with Crippen LogP contribution >= 0.6 is 22.6 Å². The first-order chi connectivity index (χ1) is 10.1. The molecule has 1 aromatic carbocycles. The van der Waals surface area contributed by atoms with E-state index in [0.29, 0.717) is 16.2 Å². The molecule has 0 saturated heterocycles. The lowest BCUT2D eigenvalue weighted by molar-refractivity contribution is -0.142. The first kappa shape index (κ1) is 17.0. The molecule has 0 amide bonds. The topological polar surface area (TPSA) is 25.8 Å². The van der Waals surface area contributed by atoms with Gasteiger partial charge < -0.3 is 0 Å². The van der Waals surface area contributed by atoms with Crippen LogP contribution in [0.3, 0.4) is 0 Å². The van der Waals surface area contributed by atoms with E-state index in [1.807, 2.05) is 22.6 Å². The highest BCUT2D eigenvalue weighted by molar-refractivity contribution is 14.1. The normalized spacial score (nSPS) is 12.5. The molecule has 0 saturated carbocycles. The fourth-order valence-corrected chi connectivity index (χ4v) is 2.16. The van der Waals surface area contributed by atoms with Gasteiger partial charge in [-0.05, 0) is 24.3 Å². The second kappa shape index (κ2) is 6.01. The standard InChI is InChI=1S/C13H7F6IN2/c14-12(15,16)7-1-3-9(10(5-7)13(17,18)19)11-4-2-8(6-20)21-22-11/h1-5H,6H2. The van der Waals surface area contributed by atoms with E-state index < -0.39 is 29.0 Å². The lowest BCUT2D eigenvalue weighted by Crippen LogP contribution is -2.12. The Hall–Kier alpha value is -1.39. The Kier molecular flexibility index (Phi) is 4.64. The van der Waals surface area contributed by atoms with Gasteiger partial charge in [-0.1, -0.05) is 28.7 Å². The minimum absolute atomic E-state index is 0.0866. The summed E-state index contributed by atoms with van der Waals surface area (Å²) in [5.41, 5.74) is -2.76. The maximum Gasteiger partial charge on any atom is 0.417 e. The third-order valence-corrected chi connectivity index (χ3v) is 3.57. The van der Waals surface area contributed by atoms with Crippen LogP contribution in [0, 0.1) is 0 Å². The summed E-state index contributed by atoms with van der Waals surface area (Å²) in [5, 5.41) is 7.37. The summed E-state index contributed by atoms with van der Waals surface area (Å²) in [4.78, 5) is 0. The molecule has 0 aliphatic carbocycles. The van der Waals surface area contributed by atoms with Gasteiger partial charge in [-0.3, -0.25) is 0 Å². The molecule has 22 heavy (non-hydrogen) atoms. The molecule has 1 heterocycles. The number of benzene rings is 1. The molecule has 0 spiro atoms. The van der Waals surface area contributed by atoms with Gasteiger partial charge in [0.25, 0.3) is 0 Å². The maximum atomic E-state index is 13.0. The minimum Gasteiger partial charge on any atom is -0.166 e. The number of aromatic nitrogens is 2. The van der Waals surface area contributed by atoms with Crippen molar-refractivity contribution in [3.63, 3.8) is 0 Å². The van der Waals surface area contributed by atoms with Crippen molar-refractivity contribution in [2.24, 2.45) is 0 Å². The van der Waals surface area contributed by atoms with Gasteiger partial charge in [-0.25, -0.2) is 0 Å². The van der Waals surface area contributed by atoms with Crippen LogP contribution in [0.4, 0.5) is 26.3 Å². The second-order valence-corrected chi connectivity index (χ2v) is 5.06. The maximum absolute atomic E-state index is 13.0. The SMILES string of the molecule is FC(F)(F)c1ccc(-c2ccc(CI)nn2)c(C(F)(F)F)c1. The number of hydrogen-bond acceptors (Lipinski definition) is 2. The van der Waals surface area contributed by atoms with E-state index in [9.17, 15) is 26.3 Å². The summed E-state index contributed by atoms with van der Waals surface area (Å²) < 4.78 is 77.4. The predicted octanol–water partition coefficient (Wildman–Crippen LogP) is 5.12. The predicted molar refractivity (Wildman–Crippen MR) is 75.2 cm³/mol. The first-order valence-corrected chi connectivity index (χ1v) is 7.33. The molecule has 118 valence electrons. The molecule has 0 bridgehead atoms. The Morgan fingerprint density at radius 3 is 2.00 bits per heavy atom. The van der Waals surface area contributed by atoms with Gasteiger partial charge in [0, 0.05) is 9.99 Å². The average molecular weight is 432 g/mol. The summed E-state index contributed by atoms with van der Waals surface area (Å²) in [5.74, 6) is 0. The number of halogens is 7. The van der Waals surface area contributed by atoms with Crippen molar-refractivity contribution in [1.82, 2.24) is 10.2 Å². The number of alkyl halides is 7. The molecule has 0 aliphatic rings. The molecule has 2 aromatic rings. The molecular weight excluding hydrogens is 425 g/mol. The fourth-order valence-electron chi connectivity index (χ4n) is 1.75. The van der Waals surface area contributed by atoms with Crippen molar-refractivity contribution in [2.75, 3.05) is 0 Å². The Labute approximate surface area is 134 Å². The monoisotopic (exact) mass is 432 g/mol. The minimum atomic E-state index is -4.93. The van der Waals surface area contributed by atoms with Crippen molar-refractivity contribution < 1.29 is 26.3 Å². The Balaban J connectivity index is 2.59. The zero-order valence-corrected chi connectivity index (χ0v) is 12.8. The molecule has 0 radical (unpaired) electrons. The zero-order chi connectivity index (χ0) is 16.5. The van der Waals surface area contributed by atoms with Gasteiger partial charge >= 0.3 is 12.4 Å². The average Bonchev–Trinajstić information content (AvgIpc) is 2.45. The largest absolute Gasteiger partial charge is 0.417 e. The lowest BCUT2D eigenvalue weighted by Gasteiger charge is -2.15. The summed E-state index contributed by atoms with van der Waals surface area (Å²) in [6, 6.07) is 4.23. The quantitative estimate of drug-likeness (QED) is 0.374. The smallest absolute Gasteiger partial charge is 0.166 e. The van der Waals surface area contributed by atoms with E-state index >= 15 is 0 Å². The van der Waals surface area contributed by atoms with Crippen molar-refractivity contribution in [3.8, 4) is 11.3 Å². The van der Waals surface area contributed by atoms with Gasteiger partial charge in [0.15, 0.2) is 0 Å². The molecule has 2 rings (SSSR count). The number of rotatable bonds is 2. The van der Waals surface area contributed by atoms with Crippen LogP contribution in [-0.4, -0.2) is 10.2 Å². The summed E-state index contributed by atoms with van der Waals surface area (Å²) in [6.45, 7) is 0. The van der Waals surface area contributed by atoms with Crippen LogP contribution in [0.25, 0.3) is 11.3 Å². The van der Waals surface area contributed by atoms with Crippen molar-refractivity contribution in [2.45, 2.75) is 16.8 Å². The van der Waals surface area contributed by atoms with E-state index in [-0.39, 0.29) is 11.8 Å². The molecule has 0 N–H and O–H groups in total. The van der Waals surface area contributed by atoms with Crippen LogP contribution in [0.1, 0.15) is 16.8 Å². The van der Waals surface area contributed by atoms with E-state index in [2.05, 4.69) is 10.2 Å². The van der Waals surface area contributed by atoms with Crippen molar-refractivity contribution in [1.29, 1.82) is 0 Å². The molecule has 0 fully saturated rings. The van der Waals surface area contributed by atoms with Crippen LogP contribution in [0.2, 0.25) is 0 Å². The van der Waals surface area contributed by atoms with Crippen LogP contribution in [0.15, 0.2) is 30.3 Å². The van der Waals surface area contributed by atoms with Gasteiger partial charge in [0.05, 0.1) is 22.5 Å². The molecule has 2 nitrogen and oxygen atoms in total. The second-order valence-electron chi connectivity index (χ2n) is 4.30. The lowest BCUT2D eigenvalue weighted by atomic mass is 10.0. The highest BCUT2D eigenvalue weighted by Gasteiger charge is 2.38. The summed E-state index contributed by atoms with van der Waals surface area (Å²) >= 11 is 2.00. The Bertz CT molecular complexity index is 664. The third kappa shape index (κ3) is 3.68. The first-order valence-electron chi connectivity index (χ1n) is 5.80. The molecular formula is C13H7F6IN2. The molecule has 0 atom stereocenters. The van der Waals surface area contributed by atoms with Gasteiger partial charge in [0.1, 0.15) is 0 Å². The summed E-state index contributed by atoms with van der Waals surface area (Å²) in [6.07, 6.45) is -9.78. The van der Waals surface area contributed by atoms with Crippen LogP contribution < -0.4 is 0 Å². The van der Waals surface area contributed by atoms with E-state index in [1.54, 1.807) is 0 Å². The summed E-state index contributed by atoms with van der Waals surface area (Å²) in [7, 11) is 0. The Morgan fingerprint density at radius 1 is 0.864 bits per heavy atom. The van der Waals surface area contributed by atoms with Crippen molar-refractivity contribution >= 4 is 22.6 Å². The Morgan fingerprint density at radius 2 is 1.55 bits per heavy atom. The fraction of sp³-hybridized carbons (Fsp3) is 0.231. The van der Waals surface area contributed by atoms with E-state index in [0.717, 1.165) is 6.07 Å². The third-order valence-electron chi connectivity index (χ3n) is 2.78. The number of hydrogen-bond donors (Lipinski definition) is 0. The van der Waals surface area contributed by atoms with Gasteiger partial charge in [0.2, 0.25) is 0 Å². The van der Waals surface area contributed by atoms with Crippen LogP contribution in [0.5, 0.6) is 0 Å². The molecule has 9 heteroatoms. The highest BCUT2D eigenvalue weighted by Crippen LogP contribution is 2.40. The van der Waals surface area contributed by atoms with Gasteiger partial charge in [-0.2, -0.15) is 36.5 Å². The molecule has 0 aliphatic heterocycles. The van der Waals surface area contributed by atoms with E-state index in [1.165, 1.54) is 12.1 Å². The van der Waals surface area contributed by atoms with E-state index in [4.69, 9.17) is 0 Å². The molecule has 1 aromatic heterocycles. The van der Waals surface area contributed by atoms with Crippen molar-refractivity contribution in [3.05, 3.63) is 47.2 Å². The number of nitrogens with zero attached hydrogens (tertiary/aromatic N) is 2.